The lowest BCUT2D eigenvalue weighted by Crippen LogP contribution is -2.27. The minimum absolute atomic E-state index is 0.253. The van der Waals surface area contributed by atoms with E-state index in [2.05, 4.69) is 20.1 Å². The molecule has 3 aromatic heterocycles. The van der Waals surface area contributed by atoms with Gasteiger partial charge in [0.05, 0.1) is 34.7 Å². The van der Waals surface area contributed by atoms with Crippen LogP contribution in [0.1, 0.15) is 34.3 Å². The smallest absolute Gasteiger partial charge is 0.310 e. The van der Waals surface area contributed by atoms with E-state index in [4.69, 9.17) is 4.42 Å². The van der Waals surface area contributed by atoms with Crippen LogP contribution >= 0.6 is 0 Å². The molecule has 0 bridgehead atoms. The summed E-state index contributed by atoms with van der Waals surface area (Å²) in [6.07, 6.45) is 7.22. The number of hydrogen-bond donors (Lipinski definition) is 1. The Morgan fingerprint density at radius 2 is 2.04 bits per heavy atom. The summed E-state index contributed by atoms with van der Waals surface area (Å²) < 4.78 is 5.31. The molecule has 4 aromatic rings. The van der Waals surface area contributed by atoms with E-state index >= 15 is 0 Å². The van der Waals surface area contributed by atoms with Crippen LogP contribution in [0.3, 0.4) is 0 Å². The first-order valence-corrected chi connectivity index (χ1v) is 8.59. The molecule has 0 saturated carbocycles. The van der Waals surface area contributed by atoms with E-state index in [0.717, 1.165) is 28.0 Å². The molecule has 1 N–H and O–H groups in total. The molecule has 0 saturated heterocycles. The summed E-state index contributed by atoms with van der Waals surface area (Å²) >= 11 is 0. The van der Waals surface area contributed by atoms with E-state index < -0.39 is 0 Å². The van der Waals surface area contributed by atoms with Gasteiger partial charge >= 0.3 is 5.91 Å². The maximum atomic E-state index is 13.0. The summed E-state index contributed by atoms with van der Waals surface area (Å²) in [5, 5.41) is 6.10. The number of H-pyrrole nitrogens is 1. The van der Waals surface area contributed by atoms with E-state index in [9.17, 15) is 4.79 Å². The van der Waals surface area contributed by atoms with Gasteiger partial charge in [0.15, 0.2) is 5.76 Å². The highest BCUT2D eigenvalue weighted by Gasteiger charge is 2.36. The molecule has 0 unspecified atom stereocenters. The van der Waals surface area contributed by atoms with Crippen molar-refractivity contribution < 1.29 is 9.21 Å². The highest BCUT2D eigenvalue weighted by atomic mass is 16.3. The van der Waals surface area contributed by atoms with Crippen molar-refractivity contribution >= 4 is 22.7 Å². The maximum Gasteiger partial charge on any atom is 0.310 e. The molecule has 1 atom stereocenters. The predicted molar refractivity (Wildman–Crippen MR) is 99.1 cm³/mol. The van der Waals surface area contributed by atoms with E-state index in [1.54, 1.807) is 24.5 Å². The van der Waals surface area contributed by atoms with Crippen LogP contribution in [0.25, 0.3) is 11.0 Å². The number of hydrazone groups is 1. The minimum Gasteiger partial charge on any atom is -0.459 e. The van der Waals surface area contributed by atoms with Crippen LogP contribution in [-0.4, -0.2) is 31.6 Å². The average molecular weight is 357 g/mol. The zero-order valence-electron chi connectivity index (χ0n) is 14.2. The van der Waals surface area contributed by atoms with Gasteiger partial charge in [-0.3, -0.25) is 14.8 Å². The molecule has 5 rings (SSSR count). The first-order valence-electron chi connectivity index (χ1n) is 8.59. The van der Waals surface area contributed by atoms with E-state index in [-0.39, 0.29) is 17.7 Å². The van der Waals surface area contributed by atoms with Gasteiger partial charge in [-0.1, -0.05) is 12.1 Å². The molecule has 27 heavy (non-hydrogen) atoms. The van der Waals surface area contributed by atoms with Crippen molar-refractivity contribution in [1.82, 2.24) is 20.0 Å². The second kappa shape index (κ2) is 6.21. The zero-order chi connectivity index (χ0) is 18.2. The van der Waals surface area contributed by atoms with Crippen molar-refractivity contribution in [1.29, 1.82) is 0 Å². The first-order chi connectivity index (χ1) is 13.3. The Balaban J connectivity index is 1.62. The number of fused-ring (bicyclic) bond motifs is 1. The van der Waals surface area contributed by atoms with E-state index in [0.29, 0.717) is 6.42 Å². The average Bonchev–Trinajstić information content (AvgIpc) is 3.48. The second-order valence-corrected chi connectivity index (χ2v) is 6.25. The van der Waals surface area contributed by atoms with Gasteiger partial charge in [0.1, 0.15) is 0 Å². The fourth-order valence-electron chi connectivity index (χ4n) is 3.41. The number of hydrogen-bond acceptors (Lipinski definition) is 5. The quantitative estimate of drug-likeness (QED) is 0.607. The first kappa shape index (κ1) is 15.5. The molecule has 1 aliphatic heterocycles. The number of carbonyl (C=O) groups is 1. The number of aromatic amines is 1. The SMILES string of the molecule is O=C(c1ccco1)N1N=C(c2ccc[nH]2)C[C@H]1c1cccc2nccnc12. The molecule has 1 aliphatic rings. The minimum atomic E-state index is -0.290. The van der Waals surface area contributed by atoms with Gasteiger partial charge in [0, 0.05) is 30.6 Å². The number of nitrogens with zero attached hydrogens (tertiary/aromatic N) is 4. The third-order valence-corrected chi connectivity index (χ3v) is 4.65. The zero-order valence-corrected chi connectivity index (χ0v) is 14.2. The maximum absolute atomic E-state index is 13.0. The van der Waals surface area contributed by atoms with Gasteiger partial charge in [-0.15, -0.1) is 0 Å². The molecule has 0 aliphatic carbocycles. The van der Waals surface area contributed by atoms with Crippen molar-refractivity contribution in [3.63, 3.8) is 0 Å². The fourth-order valence-corrected chi connectivity index (χ4v) is 3.41. The summed E-state index contributed by atoms with van der Waals surface area (Å²) in [4.78, 5) is 25.0. The molecule has 7 nitrogen and oxygen atoms in total. The fraction of sp³-hybridized carbons (Fsp3) is 0.100. The second-order valence-electron chi connectivity index (χ2n) is 6.25. The number of nitrogens with one attached hydrogen (secondary N) is 1. The molecular weight excluding hydrogens is 342 g/mol. The van der Waals surface area contributed by atoms with Crippen LogP contribution in [0.15, 0.2) is 76.8 Å². The molecule has 7 heteroatoms. The standard InChI is InChI=1S/C20H15N5O2/c26-20(18-7-3-11-27-18)25-17(12-16(24-25)14-6-2-8-21-14)13-4-1-5-15-19(13)23-10-9-22-15/h1-11,17,21H,12H2/t17-/m0/s1. The molecule has 4 heterocycles. The number of para-hydroxylation sites is 1. The molecule has 0 spiro atoms. The predicted octanol–water partition coefficient (Wildman–Crippen LogP) is 3.54. The van der Waals surface area contributed by atoms with Crippen LogP contribution in [-0.2, 0) is 0 Å². The van der Waals surface area contributed by atoms with Crippen LogP contribution in [0, 0.1) is 0 Å². The third-order valence-electron chi connectivity index (χ3n) is 4.65. The monoisotopic (exact) mass is 357 g/mol. The summed E-state index contributed by atoms with van der Waals surface area (Å²) in [6, 6.07) is 12.7. The normalized spacial score (nSPS) is 16.7. The Kier molecular flexibility index (Phi) is 3.57. The number of benzene rings is 1. The van der Waals surface area contributed by atoms with Crippen LogP contribution in [0.4, 0.5) is 0 Å². The Hall–Kier alpha value is -3.74. The number of amides is 1. The van der Waals surface area contributed by atoms with Gasteiger partial charge in [-0.2, -0.15) is 5.10 Å². The summed E-state index contributed by atoms with van der Waals surface area (Å²) in [6.45, 7) is 0. The van der Waals surface area contributed by atoms with Crippen LogP contribution in [0.2, 0.25) is 0 Å². The Labute approximate surface area is 154 Å². The number of rotatable bonds is 3. The largest absolute Gasteiger partial charge is 0.459 e. The molecular formula is C20H15N5O2. The van der Waals surface area contributed by atoms with Crippen molar-refractivity contribution in [3.05, 3.63) is 84.3 Å². The Bertz CT molecular complexity index is 1130. The molecule has 132 valence electrons. The summed E-state index contributed by atoms with van der Waals surface area (Å²) in [5.41, 5.74) is 4.16. The number of furan rings is 1. The van der Waals surface area contributed by atoms with Gasteiger partial charge in [-0.25, -0.2) is 5.01 Å². The van der Waals surface area contributed by atoms with Crippen molar-refractivity contribution in [2.75, 3.05) is 0 Å². The summed E-state index contributed by atoms with van der Waals surface area (Å²) in [5.74, 6) is -0.0322. The third kappa shape index (κ3) is 2.60. The van der Waals surface area contributed by atoms with E-state index in [1.165, 1.54) is 11.3 Å². The highest BCUT2D eigenvalue weighted by Crippen LogP contribution is 2.36. The lowest BCUT2D eigenvalue weighted by atomic mass is 9.99. The van der Waals surface area contributed by atoms with Crippen molar-refractivity contribution in [2.24, 2.45) is 5.10 Å². The van der Waals surface area contributed by atoms with Crippen molar-refractivity contribution in [2.45, 2.75) is 12.5 Å². The lowest BCUT2D eigenvalue weighted by molar-refractivity contribution is 0.0679. The van der Waals surface area contributed by atoms with Gasteiger partial charge in [0.2, 0.25) is 0 Å². The van der Waals surface area contributed by atoms with Gasteiger partial charge < -0.3 is 9.40 Å². The van der Waals surface area contributed by atoms with Crippen LogP contribution < -0.4 is 0 Å². The summed E-state index contributed by atoms with van der Waals surface area (Å²) in [7, 11) is 0. The van der Waals surface area contributed by atoms with Crippen molar-refractivity contribution in [3.8, 4) is 0 Å². The van der Waals surface area contributed by atoms with Gasteiger partial charge in [0.25, 0.3) is 0 Å². The molecule has 0 radical (unpaired) electrons. The molecule has 0 fully saturated rings. The van der Waals surface area contributed by atoms with E-state index in [1.807, 2.05) is 36.5 Å². The highest BCUT2D eigenvalue weighted by molar-refractivity contribution is 6.03. The Morgan fingerprint density at radius 3 is 2.85 bits per heavy atom. The molecule has 1 amide bonds. The topological polar surface area (TPSA) is 87.4 Å². The number of aromatic nitrogens is 3. The lowest BCUT2D eigenvalue weighted by Gasteiger charge is -2.21. The Morgan fingerprint density at radius 1 is 1.11 bits per heavy atom. The van der Waals surface area contributed by atoms with Crippen LogP contribution in [0.5, 0.6) is 0 Å². The molecule has 1 aromatic carbocycles. The van der Waals surface area contributed by atoms with Gasteiger partial charge in [-0.05, 0) is 30.3 Å². The number of carbonyl (C=O) groups excluding carboxylic acids is 1.